The van der Waals surface area contributed by atoms with Crippen LogP contribution >= 0.6 is 0 Å². The second-order valence-corrected chi connectivity index (χ2v) is 4.98. The van der Waals surface area contributed by atoms with Crippen molar-refractivity contribution in [2.45, 2.75) is 46.3 Å². The Labute approximate surface area is 120 Å². The number of nitrogens with zero attached hydrogens (tertiary/aromatic N) is 4. The zero-order chi connectivity index (χ0) is 15.1. The number of hydrogen-bond acceptors (Lipinski definition) is 7. The van der Waals surface area contributed by atoms with E-state index >= 15 is 0 Å². The molecule has 1 unspecified atom stereocenters. The Hall–Kier alpha value is -1.63. The summed E-state index contributed by atoms with van der Waals surface area (Å²) in [5.41, 5.74) is 0. The van der Waals surface area contributed by atoms with Crippen LogP contribution in [-0.4, -0.2) is 52.4 Å². The fraction of sp³-hybridized carbons (Fsp3) is 0.769. The van der Waals surface area contributed by atoms with Crippen molar-refractivity contribution in [1.82, 2.24) is 15.0 Å². The SMILES string of the molecule is CCCNc1nc(OC(C)C)nc(N(C)C(C)CO)n1. The zero-order valence-electron chi connectivity index (χ0n) is 12.9. The molecule has 2 N–H and O–H groups in total. The van der Waals surface area contributed by atoms with Gasteiger partial charge >= 0.3 is 6.01 Å². The van der Waals surface area contributed by atoms with Crippen LogP contribution in [0.15, 0.2) is 0 Å². The lowest BCUT2D eigenvalue weighted by Crippen LogP contribution is -2.33. The van der Waals surface area contributed by atoms with E-state index < -0.39 is 0 Å². The normalized spacial score (nSPS) is 12.3. The van der Waals surface area contributed by atoms with Gasteiger partial charge in [0.2, 0.25) is 11.9 Å². The highest BCUT2D eigenvalue weighted by Gasteiger charge is 2.16. The number of anilines is 2. The molecule has 0 aliphatic heterocycles. The van der Waals surface area contributed by atoms with Gasteiger partial charge in [0.25, 0.3) is 0 Å². The van der Waals surface area contributed by atoms with Gasteiger partial charge in [-0.25, -0.2) is 0 Å². The number of hydrogen-bond donors (Lipinski definition) is 2. The summed E-state index contributed by atoms with van der Waals surface area (Å²) in [7, 11) is 1.83. The Bertz CT molecular complexity index is 414. The van der Waals surface area contributed by atoms with Gasteiger partial charge in [0.15, 0.2) is 0 Å². The molecule has 0 amide bonds. The molecule has 0 saturated carbocycles. The molecule has 20 heavy (non-hydrogen) atoms. The molecule has 7 nitrogen and oxygen atoms in total. The van der Waals surface area contributed by atoms with E-state index in [1.54, 1.807) is 4.90 Å². The first-order valence-electron chi connectivity index (χ1n) is 6.98. The minimum atomic E-state index is -0.0803. The van der Waals surface area contributed by atoms with E-state index in [0.29, 0.717) is 17.9 Å². The molecule has 1 aromatic heterocycles. The Kier molecular flexibility index (Phi) is 6.44. The van der Waals surface area contributed by atoms with Gasteiger partial charge in [-0.15, -0.1) is 0 Å². The lowest BCUT2D eigenvalue weighted by atomic mass is 10.3. The average Bonchev–Trinajstić information content (AvgIpc) is 2.42. The van der Waals surface area contributed by atoms with Gasteiger partial charge in [-0.05, 0) is 27.2 Å². The number of likely N-dealkylation sites (N-methyl/N-ethyl adjacent to an activating group) is 1. The summed E-state index contributed by atoms with van der Waals surface area (Å²) in [5, 5.41) is 12.4. The predicted octanol–water partition coefficient (Wildman–Crippen LogP) is 1.30. The van der Waals surface area contributed by atoms with Gasteiger partial charge in [0.05, 0.1) is 18.8 Å². The Morgan fingerprint density at radius 3 is 2.50 bits per heavy atom. The van der Waals surface area contributed by atoms with Crippen molar-refractivity contribution in [2.75, 3.05) is 30.4 Å². The van der Waals surface area contributed by atoms with Crippen LogP contribution in [0.4, 0.5) is 11.9 Å². The van der Waals surface area contributed by atoms with E-state index in [0.717, 1.165) is 13.0 Å². The van der Waals surface area contributed by atoms with Crippen molar-refractivity contribution >= 4 is 11.9 Å². The second kappa shape index (κ2) is 7.84. The monoisotopic (exact) mass is 283 g/mol. The van der Waals surface area contributed by atoms with Crippen LogP contribution in [0.25, 0.3) is 0 Å². The third-order valence-corrected chi connectivity index (χ3v) is 2.72. The molecular formula is C13H25N5O2. The molecule has 0 aliphatic carbocycles. The molecule has 7 heteroatoms. The van der Waals surface area contributed by atoms with E-state index in [2.05, 4.69) is 27.2 Å². The summed E-state index contributed by atoms with van der Waals surface area (Å²) < 4.78 is 5.55. The van der Waals surface area contributed by atoms with Crippen LogP contribution in [0.5, 0.6) is 6.01 Å². The summed E-state index contributed by atoms with van der Waals surface area (Å²) in [5.74, 6) is 0.972. The number of aliphatic hydroxyl groups excluding tert-OH is 1. The van der Waals surface area contributed by atoms with Gasteiger partial charge in [0.1, 0.15) is 0 Å². The largest absolute Gasteiger partial charge is 0.461 e. The van der Waals surface area contributed by atoms with E-state index in [1.807, 2.05) is 27.8 Å². The standard InChI is InChI=1S/C13H25N5O2/c1-6-7-14-11-15-12(18(5)10(4)8-19)17-13(16-11)20-9(2)3/h9-10,19H,6-8H2,1-5H3,(H,14,15,16,17). The van der Waals surface area contributed by atoms with Gasteiger partial charge in [0, 0.05) is 13.6 Å². The van der Waals surface area contributed by atoms with Crippen LogP contribution < -0.4 is 15.0 Å². The van der Waals surface area contributed by atoms with Crippen molar-refractivity contribution in [3.8, 4) is 6.01 Å². The van der Waals surface area contributed by atoms with Crippen LogP contribution in [0, 0.1) is 0 Å². The molecule has 0 fully saturated rings. The van der Waals surface area contributed by atoms with Crippen LogP contribution in [-0.2, 0) is 0 Å². The zero-order valence-corrected chi connectivity index (χ0v) is 12.9. The highest BCUT2D eigenvalue weighted by atomic mass is 16.5. The third-order valence-electron chi connectivity index (χ3n) is 2.72. The summed E-state index contributed by atoms with van der Waals surface area (Å²) in [6, 6.07) is 0.212. The Balaban J connectivity index is 3.01. The molecule has 1 heterocycles. The van der Waals surface area contributed by atoms with Crippen LogP contribution in [0.1, 0.15) is 34.1 Å². The molecule has 0 bridgehead atoms. The third kappa shape index (κ3) is 4.80. The number of ether oxygens (including phenoxy) is 1. The molecule has 0 saturated heterocycles. The first-order valence-corrected chi connectivity index (χ1v) is 6.98. The lowest BCUT2D eigenvalue weighted by Gasteiger charge is -2.23. The highest BCUT2D eigenvalue weighted by Crippen LogP contribution is 2.16. The van der Waals surface area contributed by atoms with Crippen LogP contribution in [0.3, 0.4) is 0 Å². The van der Waals surface area contributed by atoms with Gasteiger partial charge in [-0.1, -0.05) is 6.92 Å². The number of aromatic nitrogens is 3. The Morgan fingerprint density at radius 2 is 1.95 bits per heavy atom. The first kappa shape index (κ1) is 16.4. The van der Waals surface area contributed by atoms with Crippen molar-refractivity contribution < 1.29 is 9.84 Å². The minimum absolute atomic E-state index is 0.00940. The van der Waals surface area contributed by atoms with Gasteiger partial charge in [-0.3, -0.25) is 0 Å². The highest BCUT2D eigenvalue weighted by molar-refractivity contribution is 5.38. The van der Waals surface area contributed by atoms with Crippen LogP contribution in [0.2, 0.25) is 0 Å². The molecule has 0 spiro atoms. The summed E-state index contributed by atoms with van der Waals surface area (Å²) in [6.07, 6.45) is 0.967. The number of nitrogens with one attached hydrogen (secondary N) is 1. The minimum Gasteiger partial charge on any atom is -0.461 e. The molecule has 1 rings (SSSR count). The molecule has 1 aromatic rings. The summed E-state index contributed by atoms with van der Waals surface area (Å²) >= 11 is 0. The summed E-state index contributed by atoms with van der Waals surface area (Å²) in [4.78, 5) is 14.7. The summed E-state index contributed by atoms with van der Waals surface area (Å²) in [6.45, 7) is 8.61. The van der Waals surface area contributed by atoms with Crippen molar-refractivity contribution in [2.24, 2.45) is 0 Å². The number of rotatable bonds is 8. The van der Waals surface area contributed by atoms with E-state index in [1.165, 1.54) is 0 Å². The van der Waals surface area contributed by atoms with Gasteiger partial charge < -0.3 is 20.1 Å². The molecule has 0 aromatic carbocycles. The smallest absolute Gasteiger partial charge is 0.323 e. The predicted molar refractivity (Wildman–Crippen MR) is 79.3 cm³/mol. The lowest BCUT2D eigenvalue weighted by molar-refractivity contribution is 0.221. The maximum absolute atomic E-state index is 9.23. The molecule has 0 radical (unpaired) electrons. The quantitative estimate of drug-likeness (QED) is 0.744. The fourth-order valence-corrected chi connectivity index (χ4v) is 1.40. The second-order valence-electron chi connectivity index (χ2n) is 4.98. The number of aliphatic hydroxyl groups is 1. The molecule has 1 atom stereocenters. The van der Waals surface area contributed by atoms with E-state index in [4.69, 9.17) is 4.74 Å². The fourth-order valence-electron chi connectivity index (χ4n) is 1.40. The molecule has 0 aliphatic rings. The maximum atomic E-state index is 9.23. The van der Waals surface area contributed by atoms with E-state index in [9.17, 15) is 5.11 Å². The maximum Gasteiger partial charge on any atom is 0.323 e. The Morgan fingerprint density at radius 1 is 1.25 bits per heavy atom. The van der Waals surface area contributed by atoms with Gasteiger partial charge in [-0.2, -0.15) is 15.0 Å². The molecular weight excluding hydrogens is 258 g/mol. The average molecular weight is 283 g/mol. The first-order chi connectivity index (χ1) is 9.47. The topological polar surface area (TPSA) is 83.4 Å². The van der Waals surface area contributed by atoms with Crippen molar-refractivity contribution in [1.29, 1.82) is 0 Å². The van der Waals surface area contributed by atoms with Crippen molar-refractivity contribution in [3.05, 3.63) is 0 Å². The van der Waals surface area contributed by atoms with E-state index in [-0.39, 0.29) is 18.8 Å². The van der Waals surface area contributed by atoms with Crippen molar-refractivity contribution in [3.63, 3.8) is 0 Å². The molecule has 114 valence electrons.